The molecule has 4 nitrogen and oxygen atoms in total. The van der Waals surface area contributed by atoms with E-state index in [1.807, 2.05) is 48.7 Å². The summed E-state index contributed by atoms with van der Waals surface area (Å²) in [6, 6.07) is 13.2. The molecule has 0 spiro atoms. The van der Waals surface area contributed by atoms with Gasteiger partial charge >= 0.3 is 0 Å². The second-order valence-electron chi connectivity index (χ2n) is 5.39. The molecule has 2 aromatic rings. The Morgan fingerprint density at radius 1 is 1.23 bits per heavy atom. The minimum absolute atomic E-state index is 0.0364. The largest absolute Gasteiger partial charge is 0.355 e. The molecule has 114 valence electrons. The molecule has 3 rings (SSSR count). The molecule has 1 amide bonds. The average molecular weight is 314 g/mol. The maximum Gasteiger partial charge on any atom is 0.223 e. The third-order valence-corrected chi connectivity index (χ3v) is 5.21. The van der Waals surface area contributed by atoms with Crippen LogP contribution in [0, 0.1) is 5.92 Å². The molecule has 3 atom stereocenters. The molecule has 0 bridgehead atoms. The van der Waals surface area contributed by atoms with Crippen molar-refractivity contribution in [3.8, 4) is 0 Å². The first-order valence-electron chi connectivity index (χ1n) is 7.37. The third-order valence-electron chi connectivity index (χ3n) is 3.83. The number of amides is 1. The van der Waals surface area contributed by atoms with E-state index in [0.29, 0.717) is 12.3 Å². The molecule has 0 radical (unpaired) electrons. The Morgan fingerprint density at radius 3 is 2.77 bits per heavy atom. The Morgan fingerprint density at radius 2 is 2.05 bits per heavy atom. The van der Waals surface area contributed by atoms with Crippen molar-refractivity contribution in [1.82, 2.24) is 10.3 Å². The van der Waals surface area contributed by atoms with Crippen LogP contribution >= 0.6 is 0 Å². The molecule has 1 aliphatic rings. The molecule has 0 aliphatic heterocycles. The van der Waals surface area contributed by atoms with Crippen molar-refractivity contribution in [2.45, 2.75) is 17.2 Å². The first-order chi connectivity index (χ1) is 10.8. The number of hydrogen-bond donors (Lipinski definition) is 1. The van der Waals surface area contributed by atoms with E-state index in [4.69, 9.17) is 0 Å². The van der Waals surface area contributed by atoms with Crippen molar-refractivity contribution in [2.75, 3.05) is 12.3 Å². The Balaban J connectivity index is 1.43. The second kappa shape index (κ2) is 6.83. The van der Waals surface area contributed by atoms with E-state index < -0.39 is 10.8 Å². The lowest BCUT2D eigenvalue weighted by Crippen LogP contribution is -2.29. The predicted molar refractivity (Wildman–Crippen MR) is 85.8 cm³/mol. The first-order valence-corrected chi connectivity index (χ1v) is 8.68. The van der Waals surface area contributed by atoms with Crippen LogP contribution in [-0.4, -0.2) is 27.4 Å². The quantitative estimate of drug-likeness (QED) is 0.888. The van der Waals surface area contributed by atoms with Crippen LogP contribution < -0.4 is 5.32 Å². The van der Waals surface area contributed by atoms with Gasteiger partial charge in [-0.2, -0.15) is 0 Å². The van der Waals surface area contributed by atoms with Crippen molar-refractivity contribution in [1.29, 1.82) is 0 Å². The van der Waals surface area contributed by atoms with E-state index in [1.54, 1.807) is 6.20 Å². The summed E-state index contributed by atoms with van der Waals surface area (Å²) in [7, 11) is -1.06. The van der Waals surface area contributed by atoms with Gasteiger partial charge in [-0.1, -0.05) is 24.3 Å². The Bertz CT molecular complexity index is 661. The number of aromatic nitrogens is 1. The molecule has 0 saturated heterocycles. The summed E-state index contributed by atoms with van der Waals surface area (Å²) in [4.78, 5) is 17.0. The number of benzene rings is 1. The van der Waals surface area contributed by atoms with Crippen LogP contribution in [0.15, 0.2) is 59.8 Å². The highest BCUT2D eigenvalue weighted by Crippen LogP contribution is 2.47. The van der Waals surface area contributed by atoms with Gasteiger partial charge in [0.05, 0.1) is 10.8 Å². The maximum atomic E-state index is 12.1. The van der Waals surface area contributed by atoms with E-state index in [9.17, 15) is 9.00 Å². The van der Waals surface area contributed by atoms with Gasteiger partial charge in [0.25, 0.3) is 0 Å². The summed E-state index contributed by atoms with van der Waals surface area (Å²) in [6.45, 7) is 0.441. The van der Waals surface area contributed by atoms with Crippen LogP contribution in [-0.2, 0) is 15.6 Å². The number of nitrogens with zero attached hydrogens (tertiary/aromatic N) is 1. The van der Waals surface area contributed by atoms with Crippen molar-refractivity contribution in [3.05, 3.63) is 60.4 Å². The number of pyridine rings is 1. The summed E-state index contributed by atoms with van der Waals surface area (Å²) in [5, 5.41) is 2.89. The molecule has 1 aliphatic carbocycles. The zero-order valence-corrected chi connectivity index (χ0v) is 13.0. The van der Waals surface area contributed by atoms with Crippen LogP contribution in [0.1, 0.15) is 17.9 Å². The monoisotopic (exact) mass is 314 g/mol. The van der Waals surface area contributed by atoms with Crippen molar-refractivity contribution in [2.24, 2.45) is 5.92 Å². The summed E-state index contributed by atoms with van der Waals surface area (Å²) < 4.78 is 12.0. The summed E-state index contributed by atoms with van der Waals surface area (Å²) >= 11 is 0. The second-order valence-corrected chi connectivity index (χ2v) is 6.96. The zero-order chi connectivity index (χ0) is 15.4. The summed E-state index contributed by atoms with van der Waals surface area (Å²) in [6.07, 6.45) is 4.43. The lowest BCUT2D eigenvalue weighted by Gasteiger charge is -2.05. The normalized spacial score (nSPS) is 21.1. The number of nitrogens with one attached hydrogen (secondary N) is 1. The van der Waals surface area contributed by atoms with E-state index in [2.05, 4.69) is 10.3 Å². The highest BCUT2D eigenvalue weighted by molar-refractivity contribution is 7.85. The number of carbonyl (C=O) groups excluding carboxylic acids is 1. The van der Waals surface area contributed by atoms with Gasteiger partial charge in [-0.05, 0) is 36.1 Å². The van der Waals surface area contributed by atoms with Crippen LogP contribution in [0.2, 0.25) is 0 Å². The Hall–Kier alpha value is -2.01. The highest BCUT2D eigenvalue weighted by Gasteiger charge is 2.43. The van der Waals surface area contributed by atoms with Crippen LogP contribution in [0.25, 0.3) is 0 Å². The Labute approximate surface area is 132 Å². The molecule has 1 aromatic carbocycles. The summed E-state index contributed by atoms with van der Waals surface area (Å²) in [5.74, 6) is 0.821. The average Bonchev–Trinajstić information content (AvgIpc) is 3.37. The number of carbonyl (C=O) groups is 1. The predicted octanol–water partition coefficient (Wildman–Crippen LogP) is 2.11. The van der Waals surface area contributed by atoms with Crippen molar-refractivity contribution < 1.29 is 9.00 Å². The molecule has 1 saturated carbocycles. The minimum atomic E-state index is -1.06. The van der Waals surface area contributed by atoms with Gasteiger partial charge in [0.2, 0.25) is 5.91 Å². The maximum absolute atomic E-state index is 12.1. The van der Waals surface area contributed by atoms with E-state index in [-0.39, 0.29) is 17.7 Å². The molecule has 1 N–H and O–H groups in total. The van der Waals surface area contributed by atoms with Crippen molar-refractivity contribution >= 4 is 16.7 Å². The fourth-order valence-electron chi connectivity index (χ4n) is 2.54. The lowest BCUT2D eigenvalue weighted by atomic mass is 10.1. The fraction of sp³-hybridized carbons (Fsp3) is 0.294. The highest BCUT2D eigenvalue weighted by atomic mass is 32.2. The molecule has 22 heavy (non-hydrogen) atoms. The van der Waals surface area contributed by atoms with Gasteiger partial charge < -0.3 is 5.32 Å². The van der Waals surface area contributed by atoms with Crippen LogP contribution in [0.5, 0.6) is 0 Å². The van der Waals surface area contributed by atoms with Gasteiger partial charge in [-0.3, -0.25) is 14.0 Å². The van der Waals surface area contributed by atoms with Gasteiger partial charge in [0, 0.05) is 35.5 Å². The minimum Gasteiger partial charge on any atom is -0.355 e. The van der Waals surface area contributed by atoms with Gasteiger partial charge in [-0.25, -0.2) is 0 Å². The first kappa shape index (κ1) is 14.9. The lowest BCUT2D eigenvalue weighted by molar-refractivity contribution is -0.122. The zero-order valence-electron chi connectivity index (χ0n) is 12.1. The van der Waals surface area contributed by atoms with Gasteiger partial charge in [0.15, 0.2) is 0 Å². The molecule has 0 unspecified atom stereocenters. The fourth-order valence-corrected chi connectivity index (χ4v) is 3.52. The molecule has 5 heteroatoms. The van der Waals surface area contributed by atoms with Gasteiger partial charge in [0.1, 0.15) is 0 Å². The molecule has 1 fully saturated rings. The van der Waals surface area contributed by atoms with Crippen LogP contribution in [0.4, 0.5) is 0 Å². The summed E-state index contributed by atoms with van der Waals surface area (Å²) in [5.41, 5.74) is 1.12. The van der Waals surface area contributed by atoms with Gasteiger partial charge in [-0.15, -0.1) is 0 Å². The molecule has 1 heterocycles. The van der Waals surface area contributed by atoms with E-state index in [1.165, 1.54) is 0 Å². The van der Waals surface area contributed by atoms with E-state index >= 15 is 0 Å². The van der Waals surface area contributed by atoms with E-state index in [0.717, 1.165) is 16.9 Å². The standard InChI is InChI=1S/C17H18N2O2S/c20-17(16-11-15(16)13-5-4-8-18-12-13)19-9-10-22(21)14-6-2-1-3-7-14/h1-8,12,15-16H,9-11H2,(H,19,20)/t15-,16+,22-/m1/s1. The number of rotatable bonds is 6. The molecular formula is C17H18N2O2S. The van der Waals surface area contributed by atoms with Crippen LogP contribution in [0.3, 0.4) is 0 Å². The molecular weight excluding hydrogens is 296 g/mol. The molecule has 1 aromatic heterocycles. The third kappa shape index (κ3) is 3.60. The Kier molecular flexibility index (Phi) is 4.63. The number of hydrogen-bond acceptors (Lipinski definition) is 3. The SMILES string of the molecule is O=C(NCC[S@@](=O)c1ccccc1)[C@H]1C[C@@H]1c1cccnc1. The van der Waals surface area contributed by atoms with Crippen molar-refractivity contribution in [3.63, 3.8) is 0 Å². The smallest absolute Gasteiger partial charge is 0.223 e. The topological polar surface area (TPSA) is 59.1 Å².